The highest BCUT2D eigenvalue weighted by Gasteiger charge is 2.54. The molecule has 9 nitrogen and oxygen atoms in total. The van der Waals surface area contributed by atoms with E-state index in [9.17, 15) is 45.5 Å². The molecule has 2 aliphatic heterocycles. The molecule has 2 spiro atoms. The number of carbonyl (C=O) groups is 4. The fourth-order valence-electron chi connectivity index (χ4n) is 10.5. The summed E-state index contributed by atoms with van der Waals surface area (Å²) < 4.78 is 96.2. The molecule has 2 heterocycles. The molecular weight excluding hydrogens is 829 g/mol. The molecule has 8 rings (SSSR count). The van der Waals surface area contributed by atoms with Crippen molar-refractivity contribution in [1.82, 2.24) is 9.80 Å². The molecule has 4 saturated carbocycles. The largest absolute Gasteiger partial charge is 0.479 e. The normalized spacial score (nSPS) is 20.8. The maximum Gasteiger partial charge on any atom is 0.417 e. The van der Waals surface area contributed by atoms with Crippen LogP contribution >= 0.6 is 0 Å². The van der Waals surface area contributed by atoms with Crippen LogP contribution in [-0.2, 0) is 28.4 Å². The van der Waals surface area contributed by atoms with Crippen LogP contribution in [0.5, 0.6) is 11.5 Å². The number of amides is 3. The number of alkyl halides is 6. The number of halogens is 6. The van der Waals surface area contributed by atoms with Gasteiger partial charge in [-0.25, -0.2) is 0 Å². The standard InChI is InChI=1S/C25H33F3N2O3.C23H28F3NO3/c1-4-13-29-20-14-18(22(31)30(16(2)3)17-9-6-5-7-10-17)19(25(26,27)28)15-21(20)33-24(23(29)32)11-8-12-24;1-14(2)27(16-7-4-3-5-8-16)21(29)17-11-15-12-20(28)22(9-6-10-22)30-19(15)13-18(17)23(24,25)26/h14-17H,4-13H2,1-3H3;11,13-14,16H,3-10,12H2,1-2H3. The molecule has 0 radical (unpaired) electrons. The number of carbonyl (C=O) groups excluding carboxylic acids is 4. The lowest BCUT2D eigenvalue weighted by Gasteiger charge is -2.47. The van der Waals surface area contributed by atoms with E-state index in [1.165, 1.54) is 17.0 Å². The quantitative estimate of drug-likeness (QED) is 0.245. The zero-order valence-corrected chi connectivity index (χ0v) is 37.1. The number of anilines is 1. The van der Waals surface area contributed by atoms with Gasteiger partial charge in [-0.1, -0.05) is 45.4 Å². The molecule has 63 heavy (non-hydrogen) atoms. The van der Waals surface area contributed by atoms with Crippen LogP contribution in [0, 0.1) is 0 Å². The molecule has 4 fully saturated rings. The smallest absolute Gasteiger partial charge is 0.417 e. The Kier molecular flexibility index (Phi) is 13.3. The number of rotatable bonds is 8. The van der Waals surface area contributed by atoms with Crippen molar-refractivity contribution in [2.45, 2.75) is 198 Å². The summed E-state index contributed by atoms with van der Waals surface area (Å²) >= 11 is 0. The Labute approximate surface area is 366 Å². The molecule has 15 heteroatoms. The lowest BCUT2D eigenvalue weighted by atomic mass is 9.73. The fraction of sp³-hybridized carbons (Fsp3) is 0.667. The van der Waals surface area contributed by atoms with Gasteiger partial charge in [0.25, 0.3) is 17.7 Å². The van der Waals surface area contributed by atoms with Crippen LogP contribution in [0.1, 0.15) is 181 Å². The van der Waals surface area contributed by atoms with Crippen molar-refractivity contribution >= 4 is 29.2 Å². The van der Waals surface area contributed by atoms with E-state index >= 15 is 0 Å². The Morgan fingerprint density at radius 3 is 1.52 bits per heavy atom. The van der Waals surface area contributed by atoms with Gasteiger partial charge in [0, 0.05) is 42.7 Å². The molecule has 2 aromatic rings. The average molecular weight is 890 g/mol. The summed E-state index contributed by atoms with van der Waals surface area (Å²) in [7, 11) is 0. The zero-order valence-electron chi connectivity index (χ0n) is 37.1. The maximum atomic E-state index is 14.2. The van der Waals surface area contributed by atoms with E-state index < -0.39 is 52.1 Å². The fourth-order valence-corrected chi connectivity index (χ4v) is 10.5. The number of benzene rings is 2. The first-order valence-corrected chi connectivity index (χ1v) is 23.1. The Morgan fingerprint density at radius 2 is 1.11 bits per heavy atom. The third kappa shape index (κ3) is 9.04. The van der Waals surface area contributed by atoms with Crippen molar-refractivity contribution in [3.63, 3.8) is 0 Å². The maximum absolute atomic E-state index is 14.2. The van der Waals surface area contributed by atoms with Crippen LogP contribution in [0.2, 0.25) is 0 Å². The van der Waals surface area contributed by atoms with Gasteiger partial charge in [0.1, 0.15) is 11.5 Å². The van der Waals surface area contributed by atoms with Crippen LogP contribution in [0.4, 0.5) is 32.0 Å². The highest BCUT2D eigenvalue weighted by molar-refractivity contribution is 6.06. The van der Waals surface area contributed by atoms with Crippen LogP contribution in [0.15, 0.2) is 24.3 Å². The van der Waals surface area contributed by atoms with E-state index in [-0.39, 0.29) is 65.0 Å². The molecule has 346 valence electrons. The lowest BCUT2D eigenvalue weighted by Crippen LogP contribution is -2.60. The second kappa shape index (κ2) is 17.9. The topological polar surface area (TPSA) is 96.5 Å². The summed E-state index contributed by atoms with van der Waals surface area (Å²) in [5.74, 6) is -1.42. The highest BCUT2D eigenvalue weighted by atomic mass is 19.4. The minimum Gasteiger partial charge on any atom is -0.479 e. The molecule has 0 N–H and O–H groups in total. The number of nitrogens with zero attached hydrogens (tertiary/aromatic N) is 3. The van der Waals surface area contributed by atoms with E-state index in [2.05, 4.69) is 0 Å². The number of hydrogen-bond donors (Lipinski definition) is 0. The van der Waals surface area contributed by atoms with Gasteiger partial charge in [-0.2, -0.15) is 26.3 Å². The Bertz CT molecular complexity index is 2060. The van der Waals surface area contributed by atoms with Crippen molar-refractivity contribution in [2.75, 3.05) is 11.4 Å². The Hall–Kier alpha value is -4.30. The zero-order chi connectivity index (χ0) is 45.6. The van der Waals surface area contributed by atoms with Crippen molar-refractivity contribution in [3.8, 4) is 11.5 Å². The van der Waals surface area contributed by atoms with Gasteiger partial charge >= 0.3 is 12.4 Å². The third-order valence-corrected chi connectivity index (χ3v) is 14.1. The third-order valence-electron chi connectivity index (χ3n) is 14.1. The molecule has 2 aromatic carbocycles. The van der Waals surface area contributed by atoms with Crippen LogP contribution in [0.25, 0.3) is 0 Å². The lowest BCUT2D eigenvalue weighted by molar-refractivity contribution is -0.144. The number of fused-ring (bicyclic) bond motifs is 2. The summed E-state index contributed by atoms with van der Waals surface area (Å²) in [6, 6.07) is 3.80. The second-order valence-corrected chi connectivity index (χ2v) is 19.0. The molecule has 3 amide bonds. The highest BCUT2D eigenvalue weighted by Crippen LogP contribution is 2.50. The van der Waals surface area contributed by atoms with Gasteiger partial charge in [-0.15, -0.1) is 0 Å². The minimum atomic E-state index is -4.72. The van der Waals surface area contributed by atoms with Crippen LogP contribution in [-0.4, -0.2) is 75.2 Å². The predicted octanol–water partition coefficient (Wildman–Crippen LogP) is 11.3. The van der Waals surface area contributed by atoms with E-state index in [1.807, 2.05) is 34.6 Å². The molecular formula is C48H61F6N3O6. The summed E-state index contributed by atoms with van der Waals surface area (Å²) in [5.41, 5.74) is -4.13. The van der Waals surface area contributed by atoms with Crippen molar-refractivity contribution in [2.24, 2.45) is 0 Å². The van der Waals surface area contributed by atoms with Gasteiger partial charge in [0.15, 0.2) is 17.0 Å². The van der Waals surface area contributed by atoms with Crippen molar-refractivity contribution in [1.29, 1.82) is 0 Å². The molecule has 0 atom stereocenters. The van der Waals surface area contributed by atoms with Crippen molar-refractivity contribution < 1.29 is 55.0 Å². The molecule has 6 aliphatic rings. The number of hydrogen-bond acceptors (Lipinski definition) is 6. The van der Waals surface area contributed by atoms with Gasteiger partial charge < -0.3 is 24.2 Å². The SMILES string of the molecule is CC(C)N(C(=O)c1cc2c(cc1C(F)(F)F)OC1(CCC1)C(=O)C2)C1CCCCC1.CCCN1C(=O)C2(CCC2)Oc2cc(C(F)(F)F)c(C(=O)N(C(C)C)C3CCCCC3)cc21. The van der Waals surface area contributed by atoms with Crippen LogP contribution in [0.3, 0.4) is 0 Å². The van der Waals surface area contributed by atoms with Gasteiger partial charge in [-0.3, -0.25) is 19.2 Å². The molecule has 0 saturated heterocycles. The minimum absolute atomic E-state index is 0.0128. The summed E-state index contributed by atoms with van der Waals surface area (Å²) in [4.78, 5) is 57.6. The summed E-state index contributed by atoms with van der Waals surface area (Å²) in [5, 5.41) is 0. The molecule has 0 aromatic heterocycles. The Morgan fingerprint density at radius 1 is 0.667 bits per heavy atom. The van der Waals surface area contributed by atoms with Gasteiger partial charge in [0.2, 0.25) is 0 Å². The average Bonchev–Trinajstić information content (AvgIpc) is 3.19. The second-order valence-electron chi connectivity index (χ2n) is 19.0. The molecule has 4 aliphatic carbocycles. The van der Waals surface area contributed by atoms with E-state index in [0.29, 0.717) is 44.2 Å². The monoisotopic (exact) mass is 889 g/mol. The van der Waals surface area contributed by atoms with E-state index in [1.54, 1.807) is 9.80 Å². The first-order chi connectivity index (χ1) is 29.7. The number of ketones is 1. The predicted molar refractivity (Wildman–Crippen MR) is 225 cm³/mol. The first-order valence-electron chi connectivity index (χ1n) is 23.1. The molecule has 0 unspecified atom stereocenters. The summed E-state index contributed by atoms with van der Waals surface area (Å²) in [6.07, 6.45) is 4.19. The number of Topliss-reactive ketones (excluding diaryl/α,β-unsaturated/α-hetero) is 1. The van der Waals surface area contributed by atoms with Gasteiger partial charge in [-0.05, 0) is 123 Å². The number of ether oxygens (including phenoxy) is 2. The Balaban J connectivity index is 0.000000190. The van der Waals surface area contributed by atoms with Gasteiger partial charge in [0.05, 0.1) is 27.9 Å². The van der Waals surface area contributed by atoms with E-state index in [0.717, 1.165) is 89.2 Å². The van der Waals surface area contributed by atoms with Crippen LogP contribution < -0.4 is 14.4 Å². The van der Waals surface area contributed by atoms with E-state index in [4.69, 9.17) is 9.47 Å². The van der Waals surface area contributed by atoms with Crippen molar-refractivity contribution in [3.05, 3.63) is 52.1 Å². The summed E-state index contributed by atoms with van der Waals surface area (Å²) in [6.45, 7) is 9.64. The molecule has 0 bridgehead atoms. The first kappa shape index (κ1) is 46.7.